The van der Waals surface area contributed by atoms with Gasteiger partial charge in [0.25, 0.3) is 0 Å². The molecular formula is C19H19NO4. The van der Waals surface area contributed by atoms with Gasteiger partial charge in [0, 0.05) is 11.3 Å². The van der Waals surface area contributed by atoms with Gasteiger partial charge in [-0.25, -0.2) is 4.79 Å². The van der Waals surface area contributed by atoms with E-state index >= 15 is 0 Å². The van der Waals surface area contributed by atoms with Gasteiger partial charge >= 0.3 is 5.97 Å². The van der Waals surface area contributed by atoms with E-state index in [1.165, 1.54) is 12.1 Å². The lowest BCUT2D eigenvalue weighted by atomic mass is 9.96. The molecule has 5 nitrogen and oxygen atoms in total. The smallest absolute Gasteiger partial charge is 0.335 e. The van der Waals surface area contributed by atoms with Gasteiger partial charge in [-0.3, -0.25) is 4.79 Å². The number of hydrogen-bond acceptors (Lipinski definition) is 3. The second-order valence-corrected chi connectivity index (χ2v) is 6.16. The average molecular weight is 325 g/mol. The molecule has 24 heavy (non-hydrogen) atoms. The first-order valence-electron chi connectivity index (χ1n) is 7.75. The number of rotatable bonds is 3. The van der Waals surface area contributed by atoms with E-state index in [4.69, 9.17) is 9.84 Å². The molecule has 124 valence electrons. The van der Waals surface area contributed by atoms with Crippen molar-refractivity contribution in [2.45, 2.75) is 26.7 Å². The molecular weight excluding hydrogens is 306 g/mol. The molecule has 1 unspecified atom stereocenters. The summed E-state index contributed by atoms with van der Waals surface area (Å²) in [6, 6.07) is 8.63. The van der Waals surface area contributed by atoms with E-state index in [1.54, 1.807) is 6.07 Å². The second kappa shape index (κ2) is 6.00. The van der Waals surface area contributed by atoms with Crippen LogP contribution in [0.3, 0.4) is 0 Å². The molecule has 1 aliphatic rings. The summed E-state index contributed by atoms with van der Waals surface area (Å²) in [5.41, 5.74) is 4.58. The van der Waals surface area contributed by atoms with Crippen molar-refractivity contribution < 1.29 is 19.4 Å². The molecule has 3 rings (SSSR count). The monoisotopic (exact) mass is 325 g/mol. The minimum absolute atomic E-state index is 0.144. The number of amides is 1. The van der Waals surface area contributed by atoms with Gasteiger partial charge in [-0.2, -0.15) is 0 Å². The lowest BCUT2D eigenvalue weighted by molar-refractivity contribution is -0.117. The van der Waals surface area contributed by atoms with Gasteiger partial charge in [-0.15, -0.1) is 0 Å². The van der Waals surface area contributed by atoms with Gasteiger partial charge in [0.2, 0.25) is 5.91 Å². The molecule has 0 fully saturated rings. The molecule has 0 radical (unpaired) electrons. The number of hydrogen-bond donors (Lipinski definition) is 2. The summed E-state index contributed by atoms with van der Waals surface area (Å²) in [6.07, 6.45) is 0. The fourth-order valence-electron chi connectivity index (χ4n) is 2.80. The molecule has 2 N–H and O–H groups in total. The summed E-state index contributed by atoms with van der Waals surface area (Å²) in [5, 5.41) is 11.9. The van der Waals surface area contributed by atoms with Crippen LogP contribution >= 0.6 is 0 Å². The minimum atomic E-state index is -1.02. The van der Waals surface area contributed by atoms with Gasteiger partial charge < -0.3 is 15.2 Å². The molecule has 0 saturated heterocycles. The summed E-state index contributed by atoms with van der Waals surface area (Å²) in [7, 11) is 0. The normalized spacial score (nSPS) is 15.5. The van der Waals surface area contributed by atoms with Crippen molar-refractivity contribution in [1.82, 2.24) is 0 Å². The molecule has 2 aromatic carbocycles. The van der Waals surface area contributed by atoms with Crippen LogP contribution < -0.4 is 10.1 Å². The van der Waals surface area contributed by atoms with E-state index < -0.39 is 11.9 Å². The van der Waals surface area contributed by atoms with Crippen LogP contribution in [0.4, 0.5) is 5.69 Å². The summed E-state index contributed by atoms with van der Waals surface area (Å²) in [4.78, 5) is 23.8. The summed E-state index contributed by atoms with van der Waals surface area (Å²) < 4.78 is 5.64. The van der Waals surface area contributed by atoms with Crippen LogP contribution in [0.15, 0.2) is 30.3 Å². The Labute approximate surface area is 140 Å². The van der Waals surface area contributed by atoms with Crippen molar-refractivity contribution in [3.8, 4) is 5.75 Å². The number of anilines is 1. The maximum Gasteiger partial charge on any atom is 0.335 e. The van der Waals surface area contributed by atoms with Crippen LogP contribution in [0.1, 0.15) is 38.5 Å². The largest absolute Gasteiger partial charge is 0.492 e. The van der Waals surface area contributed by atoms with Crippen LogP contribution in [-0.2, 0) is 4.79 Å². The predicted octanol–water partition coefficient (Wildman–Crippen LogP) is 3.42. The fourth-order valence-corrected chi connectivity index (χ4v) is 2.80. The molecule has 2 aromatic rings. The molecule has 5 heteroatoms. The Morgan fingerprint density at radius 1 is 1.08 bits per heavy atom. The highest BCUT2D eigenvalue weighted by Gasteiger charge is 2.31. The van der Waals surface area contributed by atoms with E-state index in [-0.39, 0.29) is 11.5 Å². The van der Waals surface area contributed by atoms with Gasteiger partial charge in [-0.1, -0.05) is 12.1 Å². The van der Waals surface area contributed by atoms with Crippen LogP contribution in [0.5, 0.6) is 5.75 Å². The van der Waals surface area contributed by atoms with Crippen LogP contribution in [0.25, 0.3) is 0 Å². The lowest BCUT2D eigenvalue weighted by Crippen LogP contribution is -2.23. The van der Waals surface area contributed by atoms with Crippen molar-refractivity contribution in [2.24, 2.45) is 0 Å². The third-order valence-corrected chi connectivity index (χ3v) is 4.47. The number of aromatic carboxylic acids is 1. The van der Waals surface area contributed by atoms with Crippen LogP contribution in [-0.4, -0.2) is 23.6 Å². The van der Waals surface area contributed by atoms with E-state index in [2.05, 4.69) is 5.32 Å². The first-order chi connectivity index (χ1) is 11.4. The van der Waals surface area contributed by atoms with Crippen molar-refractivity contribution in [3.63, 3.8) is 0 Å². The van der Waals surface area contributed by atoms with Gasteiger partial charge in [-0.05, 0) is 55.7 Å². The van der Waals surface area contributed by atoms with Crippen molar-refractivity contribution in [3.05, 3.63) is 58.1 Å². The van der Waals surface area contributed by atoms with E-state index in [0.29, 0.717) is 12.3 Å². The van der Waals surface area contributed by atoms with Crippen LogP contribution in [0.2, 0.25) is 0 Å². The molecule has 1 amide bonds. The zero-order valence-electron chi connectivity index (χ0n) is 13.8. The van der Waals surface area contributed by atoms with Gasteiger partial charge in [0.05, 0.1) is 5.56 Å². The molecule has 1 atom stereocenters. The second-order valence-electron chi connectivity index (χ2n) is 6.16. The molecule has 0 spiro atoms. The Kier molecular flexibility index (Phi) is 4.01. The minimum Gasteiger partial charge on any atom is -0.492 e. The highest BCUT2D eigenvalue weighted by atomic mass is 16.5. The molecule has 0 aromatic heterocycles. The Balaban J connectivity index is 1.87. The third-order valence-electron chi connectivity index (χ3n) is 4.47. The number of nitrogens with one attached hydrogen (secondary N) is 1. The SMILES string of the molecule is Cc1cc2c(cc1C)C(C(=O)Nc1cc(C(=O)O)ccc1C)CO2. The number of carboxylic acids is 1. The number of fused-ring (bicyclic) bond motifs is 1. The zero-order valence-corrected chi connectivity index (χ0v) is 13.8. The third kappa shape index (κ3) is 2.85. The molecule has 0 bridgehead atoms. The maximum absolute atomic E-state index is 12.7. The molecule has 0 aliphatic carbocycles. The summed E-state index contributed by atoms with van der Waals surface area (Å²) in [5.74, 6) is -0.866. The first kappa shape index (κ1) is 16.1. The number of benzene rings is 2. The maximum atomic E-state index is 12.7. The summed E-state index contributed by atoms with van der Waals surface area (Å²) >= 11 is 0. The predicted molar refractivity (Wildman–Crippen MR) is 90.9 cm³/mol. The van der Waals surface area contributed by atoms with Crippen molar-refractivity contribution >= 4 is 17.6 Å². The molecule has 0 saturated carbocycles. The van der Waals surface area contributed by atoms with E-state index in [9.17, 15) is 9.59 Å². The summed E-state index contributed by atoms with van der Waals surface area (Å²) in [6.45, 7) is 6.13. The van der Waals surface area contributed by atoms with E-state index in [1.807, 2.05) is 32.9 Å². The quantitative estimate of drug-likeness (QED) is 0.906. The van der Waals surface area contributed by atoms with Crippen molar-refractivity contribution in [2.75, 3.05) is 11.9 Å². The first-order valence-corrected chi connectivity index (χ1v) is 7.75. The zero-order chi connectivity index (χ0) is 17.4. The fraction of sp³-hybridized carbons (Fsp3) is 0.263. The topological polar surface area (TPSA) is 75.6 Å². The number of aryl methyl sites for hydroxylation is 3. The molecule has 1 heterocycles. The van der Waals surface area contributed by atoms with Gasteiger partial charge in [0.15, 0.2) is 0 Å². The standard InChI is InChI=1S/C19H19NO4/c1-10-4-5-13(19(22)23)8-16(10)20-18(21)15-9-24-17-7-12(3)11(2)6-14(15)17/h4-8,15H,9H2,1-3H3,(H,20,21)(H,22,23). The number of ether oxygens (including phenoxy) is 1. The van der Waals surface area contributed by atoms with Crippen LogP contribution in [0, 0.1) is 20.8 Å². The highest BCUT2D eigenvalue weighted by molar-refractivity contribution is 5.99. The number of carbonyl (C=O) groups is 2. The van der Waals surface area contributed by atoms with Gasteiger partial charge in [0.1, 0.15) is 18.3 Å². The Hall–Kier alpha value is -2.82. The molecule has 1 aliphatic heterocycles. The van der Waals surface area contributed by atoms with Crippen molar-refractivity contribution in [1.29, 1.82) is 0 Å². The Morgan fingerprint density at radius 2 is 1.79 bits per heavy atom. The average Bonchev–Trinajstić information content (AvgIpc) is 2.92. The Morgan fingerprint density at radius 3 is 2.50 bits per heavy atom. The lowest BCUT2D eigenvalue weighted by Gasteiger charge is -2.13. The Bertz CT molecular complexity index is 842. The number of carboxylic acid groups (broad SMARTS) is 1. The number of carbonyl (C=O) groups excluding carboxylic acids is 1. The van der Waals surface area contributed by atoms with E-state index in [0.717, 1.165) is 28.0 Å². The highest BCUT2D eigenvalue weighted by Crippen LogP contribution is 2.36.